The number of fused-ring (bicyclic) bond motifs is 2. The predicted octanol–water partition coefficient (Wildman–Crippen LogP) is 2.40. The summed E-state index contributed by atoms with van der Waals surface area (Å²) in [5, 5.41) is 0. The molecule has 174 valence electrons. The van der Waals surface area contributed by atoms with Crippen molar-refractivity contribution >= 4 is 23.5 Å². The van der Waals surface area contributed by atoms with Gasteiger partial charge in [0.2, 0.25) is 11.9 Å². The summed E-state index contributed by atoms with van der Waals surface area (Å²) in [6, 6.07) is 8.61. The first-order valence-corrected chi connectivity index (χ1v) is 10.6. The van der Waals surface area contributed by atoms with Gasteiger partial charge in [0, 0.05) is 48.9 Å². The third kappa shape index (κ3) is 3.75. The molecular formula is C24H21F2N5O3. The van der Waals surface area contributed by atoms with Crippen molar-refractivity contribution in [2.45, 2.75) is 5.41 Å². The summed E-state index contributed by atoms with van der Waals surface area (Å²) < 4.78 is 32.7. The number of nitrogens with two attached hydrogens (primary N) is 1. The summed E-state index contributed by atoms with van der Waals surface area (Å²) in [4.78, 5) is 36.1. The monoisotopic (exact) mass is 465 g/mol. The van der Waals surface area contributed by atoms with Gasteiger partial charge in [0.25, 0.3) is 5.91 Å². The SMILES string of the molecule is CN(CC(N)=O)C(=O)c1ccc2c(c1)N(c1ncc(-c3cc(F)cc(F)c3)cn1)CC21COC1. The van der Waals surface area contributed by atoms with Crippen molar-refractivity contribution in [1.29, 1.82) is 0 Å². The standard InChI is InChI=1S/C24H21F2N5O3/c1-30(10-21(27)32)22(33)14-2-3-19-20(6-14)31(11-24(19)12-34-13-24)23-28-8-16(9-29-23)15-4-17(25)7-18(26)5-15/h2-9H,10-13H2,1H3,(H2,27,32). The average molecular weight is 465 g/mol. The lowest BCUT2D eigenvalue weighted by Crippen LogP contribution is -2.49. The minimum Gasteiger partial charge on any atom is -0.379 e. The maximum atomic E-state index is 13.6. The Bertz CT molecular complexity index is 1270. The fourth-order valence-electron chi connectivity index (χ4n) is 4.44. The average Bonchev–Trinajstić information content (AvgIpc) is 3.13. The van der Waals surface area contributed by atoms with Gasteiger partial charge in [0.15, 0.2) is 0 Å². The van der Waals surface area contributed by atoms with Crippen LogP contribution < -0.4 is 10.6 Å². The number of primary amides is 1. The number of benzene rings is 2. The van der Waals surface area contributed by atoms with Crippen LogP contribution in [0.25, 0.3) is 11.1 Å². The van der Waals surface area contributed by atoms with Crippen LogP contribution in [0.3, 0.4) is 0 Å². The minimum absolute atomic E-state index is 0.192. The number of amides is 2. The molecule has 1 spiro atoms. The van der Waals surface area contributed by atoms with Crippen molar-refractivity contribution < 1.29 is 23.1 Å². The Labute approximate surface area is 194 Å². The Morgan fingerprint density at radius 1 is 1.09 bits per heavy atom. The number of aromatic nitrogens is 2. The molecule has 5 rings (SSSR count). The Morgan fingerprint density at radius 3 is 2.35 bits per heavy atom. The third-order valence-electron chi connectivity index (χ3n) is 6.14. The van der Waals surface area contributed by atoms with E-state index in [1.54, 1.807) is 12.1 Å². The van der Waals surface area contributed by atoms with Crippen molar-refractivity contribution in [3.8, 4) is 11.1 Å². The Kier molecular flexibility index (Phi) is 5.24. The van der Waals surface area contributed by atoms with E-state index in [9.17, 15) is 18.4 Å². The molecule has 0 unspecified atom stereocenters. The van der Waals surface area contributed by atoms with Crippen molar-refractivity contribution in [3.63, 3.8) is 0 Å². The van der Waals surface area contributed by atoms with Gasteiger partial charge in [-0.1, -0.05) is 6.07 Å². The van der Waals surface area contributed by atoms with E-state index >= 15 is 0 Å². The number of anilines is 2. The molecule has 2 aromatic carbocycles. The van der Waals surface area contributed by atoms with E-state index in [0.29, 0.717) is 42.4 Å². The molecule has 0 atom stereocenters. The second-order valence-corrected chi connectivity index (χ2v) is 8.65. The summed E-state index contributed by atoms with van der Waals surface area (Å²) in [5.41, 5.74) is 7.98. The van der Waals surface area contributed by atoms with Crippen LogP contribution in [0, 0.1) is 11.6 Å². The number of hydrogen-bond acceptors (Lipinski definition) is 6. The number of carbonyl (C=O) groups is 2. The van der Waals surface area contributed by atoms with Crippen LogP contribution in [-0.4, -0.2) is 60.0 Å². The maximum absolute atomic E-state index is 13.6. The summed E-state index contributed by atoms with van der Waals surface area (Å²) in [6.45, 7) is 1.44. The number of halogens is 2. The molecule has 1 aromatic heterocycles. The lowest BCUT2D eigenvalue weighted by atomic mass is 9.80. The highest BCUT2D eigenvalue weighted by Crippen LogP contribution is 2.47. The number of ether oxygens (including phenoxy) is 1. The van der Waals surface area contributed by atoms with Crippen LogP contribution >= 0.6 is 0 Å². The molecule has 3 heterocycles. The van der Waals surface area contributed by atoms with Crippen molar-refractivity contribution in [2.75, 3.05) is 38.3 Å². The molecule has 0 saturated carbocycles. The van der Waals surface area contributed by atoms with Gasteiger partial charge in [-0.15, -0.1) is 0 Å². The zero-order valence-corrected chi connectivity index (χ0v) is 18.3. The Hall–Kier alpha value is -3.92. The van der Waals surface area contributed by atoms with Crippen LogP contribution in [0.2, 0.25) is 0 Å². The number of nitrogens with zero attached hydrogens (tertiary/aromatic N) is 4. The molecule has 1 fully saturated rings. The lowest BCUT2D eigenvalue weighted by Gasteiger charge is -2.38. The number of carbonyl (C=O) groups excluding carboxylic acids is 2. The van der Waals surface area contributed by atoms with Gasteiger partial charge in [-0.05, 0) is 35.4 Å². The quantitative estimate of drug-likeness (QED) is 0.621. The lowest BCUT2D eigenvalue weighted by molar-refractivity contribution is -0.118. The highest BCUT2D eigenvalue weighted by Gasteiger charge is 2.49. The molecule has 0 aliphatic carbocycles. The molecule has 34 heavy (non-hydrogen) atoms. The molecule has 8 nitrogen and oxygen atoms in total. The zero-order chi connectivity index (χ0) is 24.0. The molecule has 2 amide bonds. The third-order valence-corrected chi connectivity index (χ3v) is 6.14. The summed E-state index contributed by atoms with van der Waals surface area (Å²) in [6.07, 6.45) is 3.02. The van der Waals surface area contributed by atoms with Gasteiger partial charge in [-0.25, -0.2) is 18.7 Å². The van der Waals surface area contributed by atoms with Gasteiger partial charge in [0.1, 0.15) is 11.6 Å². The summed E-state index contributed by atoms with van der Waals surface area (Å²) >= 11 is 0. The summed E-state index contributed by atoms with van der Waals surface area (Å²) in [7, 11) is 1.51. The Balaban J connectivity index is 1.49. The van der Waals surface area contributed by atoms with Crippen molar-refractivity contribution in [2.24, 2.45) is 5.73 Å². The molecule has 0 radical (unpaired) electrons. The molecule has 0 bridgehead atoms. The van der Waals surface area contributed by atoms with E-state index in [4.69, 9.17) is 10.5 Å². The normalized spacial score (nSPS) is 15.7. The highest BCUT2D eigenvalue weighted by molar-refractivity contribution is 5.97. The molecule has 2 aliphatic rings. The van der Waals surface area contributed by atoms with E-state index in [2.05, 4.69) is 9.97 Å². The minimum atomic E-state index is -0.682. The van der Waals surface area contributed by atoms with E-state index in [0.717, 1.165) is 17.3 Å². The van der Waals surface area contributed by atoms with Gasteiger partial charge in [0.05, 0.1) is 25.2 Å². The van der Waals surface area contributed by atoms with Gasteiger partial charge < -0.3 is 20.3 Å². The van der Waals surface area contributed by atoms with Crippen molar-refractivity contribution in [3.05, 3.63) is 71.6 Å². The summed E-state index contributed by atoms with van der Waals surface area (Å²) in [5.74, 6) is -1.91. The van der Waals surface area contributed by atoms with Gasteiger partial charge in [-0.3, -0.25) is 9.59 Å². The Morgan fingerprint density at radius 2 is 1.76 bits per heavy atom. The van der Waals surface area contributed by atoms with E-state index in [-0.39, 0.29) is 17.9 Å². The second kappa shape index (κ2) is 8.14. The smallest absolute Gasteiger partial charge is 0.254 e. The topological polar surface area (TPSA) is 102 Å². The van der Waals surface area contributed by atoms with Gasteiger partial charge in [-0.2, -0.15) is 0 Å². The van der Waals surface area contributed by atoms with Crippen LogP contribution in [-0.2, 0) is 14.9 Å². The van der Waals surface area contributed by atoms with Crippen LogP contribution in [0.4, 0.5) is 20.4 Å². The number of likely N-dealkylation sites (N-methyl/N-ethyl adjacent to an activating group) is 1. The van der Waals surface area contributed by atoms with E-state index in [1.807, 2.05) is 11.0 Å². The zero-order valence-electron chi connectivity index (χ0n) is 18.3. The molecular weight excluding hydrogens is 444 g/mol. The van der Waals surface area contributed by atoms with E-state index < -0.39 is 17.5 Å². The van der Waals surface area contributed by atoms with Gasteiger partial charge >= 0.3 is 0 Å². The maximum Gasteiger partial charge on any atom is 0.254 e. The van der Waals surface area contributed by atoms with Crippen molar-refractivity contribution in [1.82, 2.24) is 14.9 Å². The largest absolute Gasteiger partial charge is 0.379 e. The van der Waals surface area contributed by atoms with E-state index in [1.165, 1.54) is 36.5 Å². The fourth-order valence-corrected chi connectivity index (χ4v) is 4.44. The number of rotatable bonds is 5. The molecule has 2 N–H and O–H groups in total. The first-order valence-electron chi connectivity index (χ1n) is 10.6. The van der Waals surface area contributed by atoms with Crippen LogP contribution in [0.15, 0.2) is 48.8 Å². The highest BCUT2D eigenvalue weighted by atomic mass is 19.1. The molecule has 1 saturated heterocycles. The molecule has 2 aliphatic heterocycles. The molecule has 3 aromatic rings. The second-order valence-electron chi connectivity index (χ2n) is 8.65. The van der Waals surface area contributed by atoms with Crippen LogP contribution in [0.5, 0.6) is 0 Å². The first kappa shape index (κ1) is 21.9. The molecule has 10 heteroatoms. The predicted molar refractivity (Wildman–Crippen MR) is 119 cm³/mol. The van der Waals surface area contributed by atoms with Crippen LogP contribution in [0.1, 0.15) is 15.9 Å². The first-order chi connectivity index (χ1) is 16.3. The fraction of sp³-hybridized carbons (Fsp3) is 0.250. The number of hydrogen-bond donors (Lipinski definition) is 1.